The van der Waals surface area contributed by atoms with Crippen molar-refractivity contribution in [3.8, 4) is 0 Å². The molecule has 1 aromatic carbocycles. The Balaban J connectivity index is 2.14. The van der Waals surface area contributed by atoms with Crippen molar-refractivity contribution in [3.63, 3.8) is 0 Å². The number of rotatable bonds is 0. The van der Waals surface area contributed by atoms with Gasteiger partial charge in [0.05, 0.1) is 0 Å². The van der Waals surface area contributed by atoms with E-state index < -0.39 is 0 Å². The third kappa shape index (κ3) is 1.10. The molecule has 1 nitrogen and oxygen atoms in total. The largest absolute Gasteiger partial charge is 0.327 e. The lowest BCUT2D eigenvalue weighted by Gasteiger charge is -2.31. The maximum atomic E-state index is 6.22. The molecule has 74 valence electrons. The van der Waals surface area contributed by atoms with Gasteiger partial charge in [0.25, 0.3) is 0 Å². The molecule has 1 spiro atoms. The second-order valence-electron chi connectivity index (χ2n) is 4.60. The molecule has 2 aliphatic carbocycles. The van der Waals surface area contributed by atoms with Gasteiger partial charge in [0.15, 0.2) is 0 Å². The van der Waals surface area contributed by atoms with E-state index >= 15 is 0 Å². The molecular weight excluding hydrogens is 238 g/mol. The predicted molar refractivity (Wildman–Crippen MR) is 61.4 cm³/mol. The van der Waals surface area contributed by atoms with Crippen LogP contribution in [0.5, 0.6) is 0 Å². The normalized spacial score (nSPS) is 27.4. The van der Waals surface area contributed by atoms with Crippen LogP contribution in [-0.4, -0.2) is 6.04 Å². The lowest BCUT2D eigenvalue weighted by atomic mass is 9.77. The summed E-state index contributed by atoms with van der Waals surface area (Å²) in [5, 5.41) is 0. The number of halogens is 1. The Kier molecular flexibility index (Phi) is 1.80. The van der Waals surface area contributed by atoms with E-state index in [2.05, 4.69) is 34.1 Å². The molecule has 1 aromatic rings. The molecule has 2 heteroatoms. The second kappa shape index (κ2) is 2.83. The fraction of sp³-hybridized carbons (Fsp3) is 0.500. The van der Waals surface area contributed by atoms with Gasteiger partial charge in [-0.05, 0) is 48.9 Å². The van der Waals surface area contributed by atoms with E-state index in [0.29, 0.717) is 11.5 Å². The highest BCUT2D eigenvalue weighted by Crippen LogP contribution is 2.54. The van der Waals surface area contributed by atoms with Gasteiger partial charge in [-0.3, -0.25) is 0 Å². The van der Waals surface area contributed by atoms with Gasteiger partial charge in [0, 0.05) is 15.9 Å². The van der Waals surface area contributed by atoms with Gasteiger partial charge in [0.1, 0.15) is 0 Å². The van der Waals surface area contributed by atoms with E-state index in [-0.39, 0.29) is 0 Å². The Bertz CT molecular complexity index is 382. The smallest absolute Gasteiger partial charge is 0.0178 e. The summed E-state index contributed by atoms with van der Waals surface area (Å²) in [5.41, 5.74) is 9.63. The van der Waals surface area contributed by atoms with Crippen LogP contribution in [0.2, 0.25) is 0 Å². The molecule has 0 amide bonds. The Labute approximate surface area is 92.8 Å². The molecule has 1 fully saturated rings. The van der Waals surface area contributed by atoms with Gasteiger partial charge >= 0.3 is 0 Å². The van der Waals surface area contributed by atoms with Crippen molar-refractivity contribution in [3.05, 3.63) is 33.8 Å². The number of hydrogen-bond acceptors (Lipinski definition) is 1. The Morgan fingerprint density at radius 1 is 1.36 bits per heavy atom. The molecule has 0 aromatic heterocycles. The number of aryl methyl sites for hydroxylation is 1. The van der Waals surface area contributed by atoms with E-state index in [0.717, 1.165) is 12.8 Å². The van der Waals surface area contributed by atoms with Gasteiger partial charge in [-0.25, -0.2) is 0 Å². The minimum Gasteiger partial charge on any atom is -0.327 e. The fourth-order valence-corrected chi connectivity index (χ4v) is 3.23. The maximum absolute atomic E-state index is 6.22. The highest BCUT2D eigenvalue weighted by atomic mass is 79.9. The topological polar surface area (TPSA) is 26.0 Å². The molecule has 1 atom stereocenters. The molecule has 1 unspecified atom stereocenters. The van der Waals surface area contributed by atoms with Crippen LogP contribution in [0.3, 0.4) is 0 Å². The lowest BCUT2D eigenvalue weighted by molar-refractivity contribution is 0.454. The second-order valence-corrected chi connectivity index (χ2v) is 5.52. The molecule has 0 radical (unpaired) electrons. The summed E-state index contributed by atoms with van der Waals surface area (Å²) in [6.45, 7) is 0. The molecule has 1 saturated carbocycles. The highest BCUT2D eigenvalue weighted by Gasteiger charge is 2.51. The zero-order valence-corrected chi connectivity index (χ0v) is 9.68. The number of hydrogen-bond donors (Lipinski definition) is 1. The first-order valence-electron chi connectivity index (χ1n) is 5.27. The number of benzene rings is 1. The maximum Gasteiger partial charge on any atom is 0.0178 e. The van der Waals surface area contributed by atoms with Crippen LogP contribution in [0, 0.1) is 0 Å². The van der Waals surface area contributed by atoms with Crippen LogP contribution in [0.15, 0.2) is 22.7 Å². The summed E-state index contributed by atoms with van der Waals surface area (Å²) in [5.74, 6) is 0. The minimum atomic E-state index is 0.369. The summed E-state index contributed by atoms with van der Waals surface area (Å²) in [6.07, 6.45) is 4.90. The van der Waals surface area contributed by atoms with Crippen LogP contribution in [-0.2, 0) is 11.8 Å². The lowest BCUT2D eigenvalue weighted by Crippen LogP contribution is -2.39. The predicted octanol–water partition coefficient (Wildman–Crippen LogP) is 2.75. The van der Waals surface area contributed by atoms with E-state index in [9.17, 15) is 0 Å². The molecule has 14 heavy (non-hydrogen) atoms. The summed E-state index contributed by atoms with van der Waals surface area (Å²) in [4.78, 5) is 0. The van der Waals surface area contributed by atoms with Crippen LogP contribution in [0.1, 0.15) is 30.4 Å². The van der Waals surface area contributed by atoms with E-state index in [1.807, 2.05) is 0 Å². The van der Waals surface area contributed by atoms with Gasteiger partial charge in [-0.15, -0.1) is 0 Å². The zero-order chi connectivity index (χ0) is 9.76. The van der Waals surface area contributed by atoms with Crippen LogP contribution in [0.25, 0.3) is 0 Å². The van der Waals surface area contributed by atoms with Crippen molar-refractivity contribution < 1.29 is 0 Å². The van der Waals surface area contributed by atoms with E-state index in [1.54, 1.807) is 0 Å². The summed E-state index contributed by atoms with van der Waals surface area (Å²) < 4.78 is 1.20. The fourth-order valence-electron chi connectivity index (χ4n) is 2.82. The van der Waals surface area contributed by atoms with Crippen molar-refractivity contribution in [2.75, 3.05) is 0 Å². The first kappa shape index (κ1) is 8.93. The first-order chi connectivity index (χ1) is 6.72. The van der Waals surface area contributed by atoms with Crippen LogP contribution < -0.4 is 5.73 Å². The molecule has 2 N–H and O–H groups in total. The summed E-state index contributed by atoms with van der Waals surface area (Å²) in [6, 6.07) is 7.08. The van der Waals surface area contributed by atoms with E-state index in [1.165, 1.54) is 28.4 Å². The molecule has 0 bridgehead atoms. The Hall–Kier alpha value is -0.340. The van der Waals surface area contributed by atoms with Crippen molar-refractivity contribution >= 4 is 15.9 Å². The van der Waals surface area contributed by atoms with E-state index in [4.69, 9.17) is 5.73 Å². The van der Waals surface area contributed by atoms with Crippen LogP contribution >= 0.6 is 15.9 Å². The summed E-state index contributed by atoms with van der Waals surface area (Å²) >= 11 is 3.53. The standard InChI is InChI=1S/C12H14BrN/c13-9-2-3-10-8(7-9)1-4-11(14)12(10)5-6-12/h2-3,7,11H,1,4-6,14H2. The quantitative estimate of drug-likeness (QED) is 0.754. The molecule has 0 heterocycles. The van der Waals surface area contributed by atoms with Gasteiger partial charge in [0.2, 0.25) is 0 Å². The van der Waals surface area contributed by atoms with Crippen molar-refractivity contribution in [1.82, 2.24) is 0 Å². The molecule has 3 rings (SSSR count). The monoisotopic (exact) mass is 251 g/mol. The van der Waals surface area contributed by atoms with Gasteiger partial charge in [-0.1, -0.05) is 22.0 Å². The highest BCUT2D eigenvalue weighted by molar-refractivity contribution is 9.10. The average molecular weight is 252 g/mol. The SMILES string of the molecule is NC1CCc2cc(Br)ccc2C12CC2. The van der Waals surface area contributed by atoms with Crippen LogP contribution in [0.4, 0.5) is 0 Å². The number of fused-ring (bicyclic) bond motifs is 2. The molecule has 2 aliphatic rings. The number of nitrogens with two attached hydrogens (primary N) is 1. The van der Waals surface area contributed by atoms with Crippen molar-refractivity contribution in [2.24, 2.45) is 5.73 Å². The molecular formula is C12H14BrN. The van der Waals surface area contributed by atoms with Gasteiger partial charge in [-0.2, -0.15) is 0 Å². The molecule has 0 aliphatic heterocycles. The van der Waals surface area contributed by atoms with Crippen molar-refractivity contribution in [2.45, 2.75) is 37.1 Å². The summed E-state index contributed by atoms with van der Waals surface area (Å²) in [7, 11) is 0. The third-order valence-corrected chi connectivity index (χ3v) is 4.32. The first-order valence-corrected chi connectivity index (χ1v) is 6.06. The Morgan fingerprint density at radius 2 is 2.14 bits per heavy atom. The zero-order valence-electron chi connectivity index (χ0n) is 8.09. The Morgan fingerprint density at radius 3 is 2.86 bits per heavy atom. The minimum absolute atomic E-state index is 0.369. The third-order valence-electron chi connectivity index (χ3n) is 3.83. The van der Waals surface area contributed by atoms with Crippen molar-refractivity contribution in [1.29, 1.82) is 0 Å². The molecule has 0 saturated heterocycles. The average Bonchev–Trinajstić information content (AvgIpc) is 2.94. The van der Waals surface area contributed by atoms with Gasteiger partial charge < -0.3 is 5.73 Å².